The summed E-state index contributed by atoms with van der Waals surface area (Å²) in [5, 5.41) is 11.5. The first-order valence-corrected chi connectivity index (χ1v) is 8.33. The van der Waals surface area contributed by atoms with Crippen molar-refractivity contribution in [3.63, 3.8) is 0 Å². The minimum atomic E-state index is -0.337. The molecule has 1 aliphatic carbocycles. The maximum atomic E-state index is 12.5. The Morgan fingerprint density at radius 1 is 1.20 bits per heavy atom. The van der Waals surface area contributed by atoms with E-state index in [1.54, 1.807) is 6.07 Å². The molecule has 1 saturated carbocycles. The van der Waals surface area contributed by atoms with Crippen molar-refractivity contribution >= 4 is 29.1 Å². The van der Waals surface area contributed by atoms with Gasteiger partial charge >= 0.3 is 6.03 Å². The van der Waals surface area contributed by atoms with Gasteiger partial charge in [-0.25, -0.2) is 9.78 Å². The zero-order chi connectivity index (χ0) is 17.6. The molecule has 1 aromatic heterocycles. The minimum Gasteiger partial charge on any atom is -0.355 e. The van der Waals surface area contributed by atoms with Gasteiger partial charge in [0, 0.05) is 30.5 Å². The van der Waals surface area contributed by atoms with Gasteiger partial charge in [0.1, 0.15) is 5.82 Å². The fraction of sp³-hybridized carbons (Fsp3) is 0.278. The summed E-state index contributed by atoms with van der Waals surface area (Å²) >= 11 is 0. The Hall–Kier alpha value is -3.09. The Morgan fingerprint density at radius 2 is 1.96 bits per heavy atom. The summed E-state index contributed by atoms with van der Waals surface area (Å²) in [6, 6.07) is 11.1. The average molecular weight is 339 g/mol. The highest BCUT2D eigenvalue weighted by atomic mass is 16.2. The third-order valence-corrected chi connectivity index (χ3v) is 3.69. The van der Waals surface area contributed by atoms with Gasteiger partial charge in [-0.2, -0.15) is 0 Å². The Kier molecular flexibility index (Phi) is 5.13. The van der Waals surface area contributed by atoms with Gasteiger partial charge in [0.2, 0.25) is 0 Å². The molecule has 3 rings (SSSR count). The molecule has 3 amide bonds. The van der Waals surface area contributed by atoms with Crippen molar-refractivity contribution in [1.82, 2.24) is 15.6 Å². The molecule has 7 heteroatoms. The number of benzene rings is 1. The molecule has 0 aliphatic heterocycles. The van der Waals surface area contributed by atoms with Crippen molar-refractivity contribution in [2.45, 2.75) is 25.8 Å². The summed E-state index contributed by atoms with van der Waals surface area (Å²) in [4.78, 5) is 28.3. The predicted molar refractivity (Wildman–Crippen MR) is 97.1 cm³/mol. The van der Waals surface area contributed by atoms with Gasteiger partial charge in [0.05, 0.1) is 11.3 Å². The van der Waals surface area contributed by atoms with Crippen LogP contribution in [0.15, 0.2) is 42.6 Å². The van der Waals surface area contributed by atoms with E-state index in [1.807, 2.05) is 37.3 Å². The van der Waals surface area contributed by atoms with E-state index in [0.717, 1.165) is 18.5 Å². The summed E-state index contributed by atoms with van der Waals surface area (Å²) in [5.74, 6) is 0.199. The van der Waals surface area contributed by atoms with Crippen molar-refractivity contribution in [3.8, 4) is 0 Å². The van der Waals surface area contributed by atoms with E-state index in [-0.39, 0.29) is 18.0 Å². The molecule has 7 nitrogen and oxygen atoms in total. The van der Waals surface area contributed by atoms with Gasteiger partial charge < -0.3 is 16.0 Å². The number of aromatic nitrogens is 1. The quantitative estimate of drug-likeness (QED) is 0.651. The highest BCUT2D eigenvalue weighted by molar-refractivity contribution is 6.01. The van der Waals surface area contributed by atoms with Crippen LogP contribution >= 0.6 is 0 Å². The zero-order valence-corrected chi connectivity index (χ0v) is 14.0. The lowest BCUT2D eigenvalue weighted by Crippen LogP contribution is -2.29. The van der Waals surface area contributed by atoms with Crippen LogP contribution in [0.4, 0.5) is 22.0 Å². The third kappa shape index (κ3) is 4.69. The molecular formula is C18H21N5O2. The molecule has 0 atom stereocenters. The van der Waals surface area contributed by atoms with E-state index in [9.17, 15) is 9.59 Å². The molecule has 0 bridgehead atoms. The molecule has 0 radical (unpaired) electrons. The number of nitrogens with zero attached hydrogens (tertiary/aromatic N) is 1. The summed E-state index contributed by atoms with van der Waals surface area (Å²) in [7, 11) is 0. The summed E-state index contributed by atoms with van der Waals surface area (Å²) < 4.78 is 0. The number of anilines is 3. The molecule has 1 fully saturated rings. The molecule has 0 saturated heterocycles. The summed E-state index contributed by atoms with van der Waals surface area (Å²) in [6.07, 6.45) is 3.50. The zero-order valence-electron chi connectivity index (χ0n) is 14.0. The fourth-order valence-electron chi connectivity index (χ4n) is 2.30. The van der Waals surface area contributed by atoms with E-state index in [4.69, 9.17) is 0 Å². The molecule has 130 valence electrons. The SMILES string of the molecule is CCNC(=O)Nc1cc(Nc2ccccc2)c(C(=O)NC2CC2)cn1. The molecule has 2 aromatic rings. The van der Waals surface area contributed by atoms with Crippen LogP contribution in [0.5, 0.6) is 0 Å². The Labute approximate surface area is 146 Å². The molecule has 0 spiro atoms. The third-order valence-electron chi connectivity index (χ3n) is 3.69. The molecular weight excluding hydrogens is 318 g/mol. The second-order valence-electron chi connectivity index (χ2n) is 5.84. The molecule has 0 unspecified atom stereocenters. The van der Waals surface area contributed by atoms with E-state index in [2.05, 4.69) is 26.3 Å². The van der Waals surface area contributed by atoms with Crippen molar-refractivity contribution in [2.75, 3.05) is 17.2 Å². The van der Waals surface area contributed by atoms with Crippen LogP contribution in [0.3, 0.4) is 0 Å². The topological polar surface area (TPSA) is 95.2 Å². The molecule has 25 heavy (non-hydrogen) atoms. The Balaban J connectivity index is 1.85. The Morgan fingerprint density at radius 3 is 2.64 bits per heavy atom. The standard InChI is InChI=1S/C18H21N5O2/c1-2-19-18(25)23-16-10-15(21-12-6-4-3-5-7-12)14(11-20-16)17(24)22-13-8-9-13/h3-7,10-11,13H,2,8-9H2,1H3,(H,22,24)(H3,19,20,21,23,25). The van der Waals surface area contributed by atoms with Crippen LogP contribution in [-0.2, 0) is 0 Å². The lowest BCUT2D eigenvalue weighted by atomic mass is 10.2. The molecule has 1 aliphatic rings. The largest absolute Gasteiger partial charge is 0.355 e. The van der Waals surface area contributed by atoms with Crippen LogP contribution in [0, 0.1) is 0 Å². The van der Waals surface area contributed by atoms with E-state index >= 15 is 0 Å². The fourth-order valence-corrected chi connectivity index (χ4v) is 2.30. The van der Waals surface area contributed by atoms with Crippen molar-refractivity contribution in [1.29, 1.82) is 0 Å². The van der Waals surface area contributed by atoms with E-state index in [1.165, 1.54) is 6.20 Å². The molecule has 4 N–H and O–H groups in total. The normalized spacial score (nSPS) is 13.0. The first-order valence-electron chi connectivity index (χ1n) is 8.33. The molecule has 1 aromatic carbocycles. The molecule has 1 heterocycles. The number of carbonyl (C=O) groups is 2. The van der Waals surface area contributed by atoms with Gasteiger partial charge in [-0.1, -0.05) is 18.2 Å². The number of nitrogens with one attached hydrogen (secondary N) is 4. The maximum Gasteiger partial charge on any atom is 0.320 e. The van der Waals surface area contributed by atoms with Gasteiger partial charge in [0.15, 0.2) is 0 Å². The number of para-hydroxylation sites is 1. The number of hydrogen-bond donors (Lipinski definition) is 4. The number of hydrogen-bond acceptors (Lipinski definition) is 4. The maximum absolute atomic E-state index is 12.5. The second kappa shape index (κ2) is 7.65. The van der Waals surface area contributed by atoms with Crippen molar-refractivity contribution in [3.05, 3.63) is 48.2 Å². The minimum absolute atomic E-state index is 0.169. The number of rotatable bonds is 6. The van der Waals surface area contributed by atoms with Crippen LogP contribution in [-0.4, -0.2) is 29.5 Å². The van der Waals surface area contributed by atoms with Crippen molar-refractivity contribution in [2.24, 2.45) is 0 Å². The number of carbonyl (C=O) groups excluding carboxylic acids is 2. The number of urea groups is 1. The van der Waals surface area contributed by atoms with Crippen LogP contribution in [0.2, 0.25) is 0 Å². The number of pyridine rings is 1. The van der Waals surface area contributed by atoms with Crippen LogP contribution < -0.4 is 21.3 Å². The van der Waals surface area contributed by atoms with Crippen LogP contribution in [0.25, 0.3) is 0 Å². The predicted octanol–water partition coefficient (Wildman–Crippen LogP) is 2.86. The first kappa shape index (κ1) is 16.8. The lowest BCUT2D eigenvalue weighted by Gasteiger charge is -2.14. The second-order valence-corrected chi connectivity index (χ2v) is 5.84. The van der Waals surface area contributed by atoms with Crippen LogP contribution in [0.1, 0.15) is 30.1 Å². The van der Waals surface area contributed by atoms with Gasteiger partial charge in [-0.05, 0) is 31.9 Å². The van der Waals surface area contributed by atoms with Gasteiger partial charge in [-0.3, -0.25) is 10.1 Å². The van der Waals surface area contributed by atoms with E-state index < -0.39 is 0 Å². The highest BCUT2D eigenvalue weighted by Crippen LogP contribution is 2.25. The smallest absolute Gasteiger partial charge is 0.320 e. The van der Waals surface area contributed by atoms with Crippen molar-refractivity contribution < 1.29 is 9.59 Å². The lowest BCUT2D eigenvalue weighted by molar-refractivity contribution is 0.0951. The summed E-state index contributed by atoms with van der Waals surface area (Å²) in [6.45, 7) is 2.35. The highest BCUT2D eigenvalue weighted by Gasteiger charge is 2.25. The van der Waals surface area contributed by atoms with Gasteiger partial charge in [0.25, 0.3) is 5.91 Å². The van der Waals surface area contributed by atoms with Gasteiger partial charge in [-0.15, -0.1) is 0 Å². The number of amides is 3. The monoisotopic (exact) mass is 339 g/mol. The van der Waals surface area contributed by atoms with E-state index in [0.29, 0.717) is 23.6 Å². The first-order chi connectivity index (χ1) is 12.2. The Bertz CT molecular complexity index is 759. The summed E-state index contributed by atoms with van der Waals surface area (Å²) in [5.41, 5.74) is 1.88. The average Bonchev–Trinajstić information content (AvgIpc) is 3.40.